The second-order valence-electron chi connectivity index (χ2n) is 4.53. The largest absolute Gasteiger partial charge is 0.354 e. The second kappa shape index (κ2) is 5.35. The van der Waals surface area contributed by atoms with E-state index < -0.39 is 0 Å². The lowest BCUT2D eigenvalue weighted by molar-refractivity contribution is -0.124. The molecule has 1 aliphatic heterocycles. The highest BCUT2D eigenvalue weighted by Crippen LogP contribution is 2.13. The predicted octanol–water partition coefficient (Wildman–Crippen LogP) is 1.24. The molecule has 1 amide bonds. The Labute approximate surface area is 86.9 Å². The van der Waals surface area contributed by atoms with Crippen LogP contribution in [0.25, 0.3) is 0 Å². The quantitative estimate of drug-likeness (QED) is 0.740. The molecule has 1 rings (SSSR count). The van der Waals surface area contributed by atoms with Crippen LogP contribution in [0.2, 0.25) is 0 Å². The van der Waals surface area contributed by atoms with Gasteiger partial charge in [-0.25, -0.2) is 0 Å². The summed E-state index contributed by atoms with van der Waals surface area (Å²) in [5.74, 6) is 0.271. The number of carbonyl (C=O) groups is 1. The van der Waals surface area contributed by atoms with E-state index in [2.05, 4.69) is 17.3 Å². The molecule has 0 saturated carbocycles. The third kappa shape index (κ3) is 3.29. The monoisotopic (exact) mass is 198 g/mol. The van der Waals surface area contributed by atoms with Gasteiger partial charge in [0.25, 0.3) is 0 Å². The maximum absolute atomic E-state index is 11.4. The lowest BCUT2D eigenvalue weighted by atomic mass is 10.0. The van der Waals surface area contributed by atoms with E-state index in [0.29, 0.717) is 6.04 Å². The molecule has 0 aliphatic carbocycles. The van der Waals surface area contributed by atoms with E-state index in [9.17, 15) is 4.79 Å². The summed E-state index contributed by atoms with van der Waals surface area (Å²) in [5, 5.41) is 3.00. The lowest BCUT2D eigenvalue weighted by Crippen LogP contribution is -2.45. The molecule has 1 heterocycles. The molecule has 3 nitrogen and oxygen atoms in total. The first-order chi connectivity index (χ1) is 6.61. The summed E-state index contributed by atoms with van der Waals surface area (Å²) in [5.41, 5.74) is 0. The molecule has 0 aromatic carbocycles. The second-order valence-corrected chi connectivity index (χ2v) is 4.53. The van der Waals surface area contributed by atoms with Gasteiger partial charge in [0.1, 0.15) is 0 Å². The zero-order valence-corrected chi connectivity index (χ0v) is 9.55. The number of nitrogens with zero attached hydrogens (tertiary/aromatic N) is 1. The van der Waals surface area contributed by atoms with Gasteiger partial charge in [0, 0.05) is 18.5 Å². The Hall–Kier alpha value is -0.570. The molecule has 1 saturated heterocycles. The number of hydrogen-bond acceptors (Lipinski definition) is 2. The first-order valence-electron chi connectivity index (χ1n) is 5.59. The first kappa shape index (κ1) is 11.5. The fourth-order valence-electron chi connectivity index (χ4n) is 1.82. The van der Waals surface area contributed by atoms with Gasteiger partial charge in [0.15, 0.2) is 0 Å². The Bertz CT molecular complexity index is 192. The summed E-state index contributed by atoms with van der Waals surface area (Å²) in [6, 6.07) is 0.548. The number of likely N-dealkylation sites (tertiary alicyclic amines) is 1. The Morgan fingerprint density at radius 3 is 2.79 bits per heavy atom. The van der Waals surface area contributed by atoms with Gasteiger partial charge in [-0.15, -0.1) is 0 Å². The third-order valence-electron chi connectivity index (χ3n) is 2.96. The van der Waals surface area contributed by atoms with Gasteiger partial charge >= 0.3 is 0 Å². The highest BCUT2D eigenvalue weighted by atomic mass is 16.1. The van der Waals surface area contributed by atoms with Crippen LogP contribution in [0.1, 0.15) is 33.1 Å². The van der Waals surface area contributed by atoms with Gasteiger partial charge in [-0.05, 0) is 26.4 Å². The van der Waals surface area contributed by atoms with E-state index in [1.807, 2.05) is 13.8 Å². The molecule has 0 bridgehead atoms. The van der Waals surface area contributed by atoms with Crippen molar-refractivity contribution >= 4 is 5.91 Å². The summed E-state index contributed by atoms with van der Waals surface area (Å²) in [6.07, 6.45) is 3.81. The Morgan fingerprint density at radius 2 is 2.21 bits per heavy atom. The van der Waals surface area contributed by atoms with Gasteiger partial charge < -0.3 is 10.2 Å². The maximum atomic E-state index is 11.4. The van der Waals surface area contributed by atoms with E-state index in [1.54, 1.807) is 0 Å². The first-order valence-corrected chi connectivity index (χ1v) is 5.59. The zero-order chi connectivity index (χ0) is 10.6. The van der Waals surface area contributed by atoms with Gasteiger partial charge in [0.05, 0.1) is 0 Å². The van der Waals surface area contributed by atoms with Crippen molar-refractivity contribution in [3.63, 3.8) is 0 Å². The summed E-state index contributed by atoms with van der Waals surface area (Å²) in [7, 11) is 2.14. The van der Waals surface area contributed by atoms with Crippen molar-refractivity contribution in [1.82, 2.24) is 10.2 Å². The number of likely N-dealkylation sites (N-methyl/N-ethyl adjacent to an activating group) is 1. The summed E-state index contributed by atoms with van der Waals surface area (Å²) < 4.78 is 0. The average Bonchev–Trinajstić information content (AvgIpc) is 2.16. The molecule has 1 fully saturated rings. The fourth-order valence-corrected chi connectivity index (χ4v) is 1.82. The van der Waals surface area contributed by atoms with Gasteiger partial charge in [0.2, 0.25) is 5.91 Å². The van der Waals surface area contributed by atoms with Crippen molar-refractivity contribution in [2.45, 2.75) is 39.2 Å². The molecule has 1 N–H and O–H groups in total. The highest BCUT2D eigenvalue weighted by molar-refractivity contribution is 5.77. The van der Waals surface area contributed by atoms with Gasteiger partial charge in [-0.3, -0.25) is 4.79 Å². The minimum Gasteiger partial charge on any atom is -0.354 e. The molecule has 1 atom stereocenters. The summed E-state index contributed by atoms with van der Waals surface area (Å²) in [4.78, 5) is 13.7. The van der Waals surface area contributed by atoms with Crippen LogP contribution in [-0.2, 0) is 4.79 Å². The lowest BCUT2D eigenvalue weighted by Gasteiger charge is -2.32. The molecular weight excluding hydrogens is 176 g/mol. The Morgan fingerprint density at radius 1 is 1.50 bits per heavy atom. The van der Waals surface area contributed by atoms with Crippen LogP contribution in [0, 0.1) is 5.92 Å². The zero-order valence-electron chi connectivity index (χ0n) is 9.55. The van der Waals surface area contributed by atoms with Crippen molar-refractivity contribution in [2.24, 2.45) is 5.92 Å². The molecular formula is C11H22N2O. The van der Waals surface area contributed by atoms with Crippen LogP contribution in [0.4, 0.5) is 0 Å². The predicted molar refractivity (Wildman–Crippen MR) is 58.1 cm³/mol. The maximum Gasteiger partial charge on any atom is 0.222 e. The van der Waals surface area contributed by atoms with Crippen LogP contribution in [0.15, 0.2) is 0 Å². The van der Waals surface area contributed by atoms with Crippen molar-refractivity contribution in [2.75, 3.05) is 20.1 Å². The van der Waals surface area contributed by atoms with E-state index in [0.717, 1.165) is 6.54 Å². The number of nitrogens with one attached hydrogen (secondary N) is 1. The van der Waals surface area contributed by atoms with E-state index >= 15 is 0 Å². The van der Waals surface area contributed by atoms with Crippen molar-refractivity contribution in [3.05, 3.63) is 0 Å². The van der Waals surface area contributed by atoms with E-state index in [-0.39, 0.29) is 11.8 Å². The molecule has 3 heteroatoms. The topological polar surface area (TPSA) is 32.3 Å². The van der Waals surface area contributed by atoms with Crippen molar-refractivity contribution < 1.29 is 4.79 Å². The van der Waals surface area contributed by atoms with Crippen LogP contribution >= 0.6 is 0 Å². The van der Waals surface area contributed by atoms with Gasteiger partial charge in [-0.1, -0.05) is 20.3 Å². The molecule has 0 aromatic rings. The molecule has 82 valence electrons. The van der Waals surface area contributed by atoms with Gasteiger partial charge in [-0.2, -0.15) is 0 Å². The number of amides is 1. The summed E-state index contributed by atoms with van der Waals surface area (Å²) >= 11 is 0. The van der Waals surface area contributed by atoms with Crippen LogP contribution in [-0.4, -0.2) is 37.0 Å². The normalized spacial score (nSPS) is 23.9. The molecule has 14 heavy (non-hydrogen) atoms. The average molecular weight is 198 g/mol. The minimum atomic E-state index is 0.101. The molecule has 0 spiro atoms. The van der Waals surface area contributed by atoms with E-state index in [4.69, 9.17) is 0 Å². The third-order valence-corrected chi connectivity index (χ3v) is 2.96. The van der Waals surface area contributed by atoms with Crippen LogP contribution in [0.5, 0.6) is 0 Å². The van der Waals surface area contributed by atoms with E-state index in [1.165, 1.54) is 25.8 Å². The number of carbonyl (C=O) groups excluding carboxylic acids is 1. The molecule has 0 aromatic heterocycles. The standard InChI is InChI=1S/C11H22N2O/c1-9(2)11(14)12-8-10-6-4-5-7-13(10)3/h9-10H,4-8H2,1-3H3,(H,12,14)/t10-/m1/s1. The Kier molecular flexibility index (Phi) is 4.39. The number of rotatable bonds is 3. The number of piperidine rings is 1. The number of hydrogen-bond donors (Lipinski definition) is 1. The molecule has 0 radical (unpaired) electrons. The smallest absolute Gasteiger partial charge is 0.222 e. The van der Waals surface area contributed by atoms with Crippen molar-refractivity contribution in [3.8, 4) is 0 Å². The Balaban J connectivity index is 2.26. The summed E-state index contributed by atoms with van der Waals surface area (Å²) in [6.45, 7) is 5.84. The SMILES string of the molecule is CC(C)C(=O)NC[C@H]1CCCCN1C. The minimum absolute atomic E-state index is 0.101. The van der Waals surface area contributed by atoms with Crippen LogP contribution < -0.4 is 5.32 Å². The highest BCUT2D eigenvalue weighted by Gasteiger charge is 2.19. The fraction of sp³-hybridized carbons (Fsp3) is 0.909. The molecule has 0 unspecified atom stereocenters. The van der Waals surface area contributed by atoms with Crippen molar-refractivity contribution in [1.29, 1.82) is 0 Å². The molecule has 1 aliphatic rings. The van der Waals surface area contributed by atoms with Crippen LogP contribution in [0.3, 0.4) is 0 Å².